The third kappa shape index (κ3) is 5.50. The molecule has 0 heterocycles. The van der Waals surface area contributed by atoms with Gasteiger partial charge in [-0.1, -0.05) is 20.8 Å². The Kier molecular flexibility index (Phi) is 4.24. The van der Waals surface area contributed by atoms with Gasteiger partial charge < -0.3 is 9.64 Å². The molecule has 0 fully saturated rings. The fourth-order valence-electron chi connectivity index (χ4n) is 0.591. The molecule has 0 rings (SSSR count). The smallest absolute Gasteiger partial charge is 0.409 e. The molecular formula is C10H21NO2. The Labute approximate surface area is 81.1 Å². The van der Waals surface area contributed by atoms with Gasteiger partial charge in [0.25, 0.3) is 0 Å². The van der Waals surface area contributed by atoms with E-state index in [1.807, 2.05) is 34.6 Å². The lowest BCUT2D eigenvalue weighted by molar-refractivity contribution is 0.0720. The molecule has 0 aromatic carbocycles. The summed E-state index contributed by atoms with van der Waals surface area (Å²) < 4.78 is 5.12. The standard InChI is InChI=1S/C10H21NO2/c1-8(2)11(6)9(12)13-7-10(3,4)5/h8H,7H2,1-6H3. The molecule has 0 bridgehead atoms. The quantitative estimate of drug-likeness (QED) is 0.664. The highest BCUT2D eigenvalue weighted by molar-refractivity contribution is 5.67. The van der Waals surface area contributed by atoms with Crippen molar-refractivity contribution < 1.29 is 9.53 Å². The first-order valence-corrected chi connectivity index (χ1v) is 4.63. The molecule has 3 heteroatoms. The van der Waals surface area contributed by atoms with Gasteiger partial charge in [-0.15, -0.1) is 0 Å². The molecule has 0 spiro atoms. The van der Waals surface area contributed by atoms with Gasteiger partial charge >= 0.3 is 6.09 Å². The van der Waals surface area contributed by atoms with Gasteiger partial charge in [0, 0.05) is 13.1 Å². The van der Waals surface area contributed by atoms with Crippen LogP contribution >= 0.6 is 0 Å². The minimum atomic E-state index is -0.245. The van der Waals surface area contributed by atoms with Crippen LogP contribution in [0, 0.1) is 5.41 Å². The summed E-state index contributed by atoms with van der Waals surface area (Å²) in [5.74, 6) is 0. The lowest BCUT2D eigenvalue weighted by atomic mass is 9.99. The van der Waals surface area contributed by atoms with Crippen LogP contribution in [0.1, 0.15) is 34.6 Å². The van der Waals surface area contributed by atoms with Crippen molar-refractivity contribution in [2.75, 3.05) is 13.7 Å². The van der Waals surface area contributed by atoms with E-state index in [1.54, 1.807) is 11.9 Å². The Bertz CT molecular complexity index is 170. The number of ether oxygens (including phenoxy) is 1. The minimum Gasteiger partial charge on any atom is -0.449 e. The lowest BCUT2D eigenvalue weighted by Gasteiger charge is -2.24. The first-order chi connectivity index (χ1) is 5.74. The predicted octanol–water partition coefficient (Wildman–Crippen LogP) is 2.51. The van der Waals surface area contributed by atoms with E-state index in [4.69, 9.17) is 4.74 Å². The Balaban J connectivity index is 3.89. The van der Waals surface area contributed by atoms with Crippen LogP contribution in [0.25, 0.3) is 0 Å². The van der Waals surface area contributed by atoms with Gasteiger partial charge in [0.2, 0.25) is 0 Å². The second kappa shape index (κ2) is 4.49. The third-order valence-corrected chi connectivity index (χ3v) is 1.69. The topological polar surface area (TPSA) is 29.5 Å². The van der Waals surface area contributed by atoms with Gasteiger partial charge in [0.15, 0.2) is 0 Å². The molecule has 1 amide bonds. The number of hydrogen-bond donors (Lipinski definition) is 0. The number of carbonyl (C=O) groups is 1. The molecule has 0 aromatic rings. The van der Waals surface area contributed by atoms with Crippen LogP contribution in [0.3, 0.4) is 0 Å². The van der Waals surface area contributed by atoms with Crippen LogP contribution in [-0.4, -0.2) is 30.7 Å². The summed E-state index contributed by atoms with van der Waals surface area (Å²) in [5, 5.41) is 0. The Morgan fingerprint density at radius 1 is 1.38 bits per heavy atom. The predicted molar refractivity (Wildman–Crippen MR) is 53.7 cm³/mol. The van der Waals surface area contributed by atoms with Crippen molar-refractivity contribution in [1.29, 1.82) is 0 Å². The van der Waals surface area contributed by atoms with Crippen molar-refractivity contribution in [2.45, 2.75) is 40.7 Å². The fourth-order valence-corrected chi connectivity index (χ4v) is 0.591. The molecule has 0 radical (unpaired) electrons. The number of carbonyl (C=O) groups excluding carboxylic acids is 1. The zero-order chi connectivity index (χ0) is 10.6. The first kappa shape index (κ1) is 12.3. The molecule has 0 aliphatic carbocycles. The molecule has 0 unspecified atom stereocenters. The molecule has 13 heavy (non-hydrogen) atoms. The van der Waals surface area contributed by atoms with Crippen molar-refractivity contribution in [3.63, 3.8) is 0 Å². The molecule has 0 saturated carbocycles. The summed E-state index contributed by atoms with van der Waals surface area (Å²) >= 11 is 0. The van der Waals surface area contributed by atoms with E-state index in [2.05, 4.69) is 0 Å². The van der Waals surface area contributed by atoms with Crippen molar-refractivity contribution in [3.8, 4) is 0 Å². The summed E-state index contributed by atoms with van der Waals surface area (Å²) in [5.41, 5.74) is 0.0352. The minimum absolute atomic E-state index is 0.0352. The summed E-state index contributed by atoms with van der Waals surface area (Å²) in [7, 11) is 1.75. The number of amides is 1. The average molecular weight is 187 g/mol. The second-order valence-electron chi connectivity index (χ2n) is 4.82. The van der Waals surface area contributed by atoms with Gasteiger partial charge in [-0.3, -0.25) is 0 Å². The zero-order valence-electron chi connectivity index (χ0n) is 9.55. The molecule has 0 N–H and O–H groups in total. The van der Waals surface area contributed by atoms with E-state index < -0.39 is 0 Å². The average Bonchev–Trinajstić information content (AvgIpc) is 1.97. The van der Waals surface area contributed by atoms with Crippen LogP contribution in [0.15, 0.2) is 0 Å². The molecule has 0 aliphatic rings. The summed E-state index contributed by atoms with van der Waals surface area (Å²) in [6.07, 6.45) is -0.245. The Hall–Kier alpha value is -0.730. The van der Waals surface area contributed by atoms with Gasteiger partial charge in [-0.05, 0) is 19.3 Å². The Morgan fingerprint density at radius 2 is 1.85 bits per heavy atom. The molecule has 0 atom stereocenters. The monoisotopic (exact) mass is 187 g/mol. The SMILES string of the molecule is CC(C)N(C)C(=O)OCC(C)(C)C. The molecule has 3 nitrogen and oxygen atoms in total. The first-order valence-electron chi connectivity index (χ1n) is 4.63. The number of rotatable bonds is 2. The molecule has 0 saturated heterocycles. The van der Waals surface area contributed by atoms with E-state index in [0.29, 0.717) is 6.61 Å². The van der Waals surface area contributed by atoms with E-state index in [0.717, 1.165) is 0 Å². The third-order valence-electron chi connectivity index (χ3n) is 1.69. The van der Waals surface area contributed by atoms with E-state index >= 15 is 0 Å². The maximum atomic E-state index is 11.3. The van der Waals surface area contributed by atoms with Crippen molar-refractivity contribution in [2.24, 2.45) is 5.41 Å². The zero-order valence-corrected chi connectivity index (χ0v) is 9.55. The number of hydrogen-bond acceptors (Lipinski definition) is 2. The lowest BCUT2D eigenvalue weighted by Crippen LogP contribution is -2.35. The highest BCUT2D eigenvalue weighted by Crippen LogP contribution is 2.13. The number of nitrogens with zero attached hydrogens (tertiary/aromatic N) is 1. The largest absolute Gasteiger partial charge is 0.449 e. The van der Waals surface area contributed by atoms with E-state index in [-0.39, 0.29) is 17.6 Å². The van der Waals surface area contributed by atoms with Crippen LogP contribution in [-0.2, 0) is 4.74 Å². The van der Waals surface area contributed by atoms with Crippen molar-refractivity contribution in [1.82, 2.24) is 4.90 Å². The second-order valence-corrected chi connectivity index (χ2v) is 4.82. The van der Waals surface area contributed by atoms with E-state index in [9.17, 15) is 4.79 Å². The summed E-state index contributed by atoms with van der Waals surface area (Å²) in [6, 6.07) is 0.187. The van der Waals surface area contributed by atoms with Crippen LogP contribution in [0.4, 0.5) is 4.79 Å². The highest BCUT2D eigenvalue weighted by atomic mass is 16.6. The van der Waals surface area contributed by atoms with Gasteiger partial charge in [0.05, 0.1) is 6.61 Å². The van der Waals surface area contributed by atoms with E-state index in [1.165, 1.54) is 0 Å². The maximum absolute atomic E-state index is 11.3. The van der Waals surface area contributed by atoms with Crippen LogP contribution in [0.5, 0.6) is 0 Å². The summed E-state index contributed by atoms with van der Waals surface area (Å²) in [6.45, 7) is 10.5. The molecule has 0 aromatic heterocycles. The fraction of sp³-hybridized carbons (Fsp3) is 0.900. The molecular weight excluding hydrogens is 166 g/mol. The molecule has 0 aliphatic heterocycles. The maximum Gasteiger partial charge on any atom is 0.409 e. The summed E-state index contributed by atoms with van der Waals surface area (Å²) in [4.78, 5) is 12.9. The van der Waals surface area contributed by atoms with Crippen molar-refractivity contribution >= 4 is 6.09 Å². The van der Waals surface area contributed by atoms with Crippen molar-refractivity contribution in [3.05, 3.63) is 0 Å². The molecule has 78 valence electrons. The van der Waals surface area contributed by atoms with Gasteiger partial charge in [-0.25, -0.2) is 4.79 Å². The van der Waals surface area contributed by atoms with Gasteiger partial charge in [-0.2, -0.15) is 0 Å². The Morgan fingerprint density at radius 3 is 2.15 bits per heavy atom. The van der Waals surface area contributed by atoms with Crippen LogP contribution < -0.4 is 0 Å². The normalized spacial score (nSPS) is 11.6. The highest BCUT2D eigenvalue weighted by Gasteiger charge is 2.17. The van der Waals surface area contributed by atoms with Gasteiger partial charge in [0.1, 0.15) is 0 Å². The van der Waals surface area contributed by atoms with Crippen LogP contribution in [0.2, 0.25) is 0 Å².